The van der Waals surface area contributed by atoms with Crippen LogP contribution >= 0.6 is 0 Å². The van der Waals surface area contributed by atoms with Gasteiger partial charge in [-0.05, 0) is 25.3 Å². The predicted octanol–water partition coefficient (Wildman–Crippen LogP) is 5.43. The normalized spacial score (nSPS) is 18.3. The Hall–Kier alpha value is -1.84. The fraction of sp³-hybridized carbons (Fsp3) is 0.667. The van der Waals surface area contributed by atoms with Gasteiger partial charge in [-0.25, -0.2) is 0 Å². The molecule has 1 saturated carbocycles. The number of amides is 2. The van der Waals surface area contributed by atoms with Crippen molar-refractivity contribution in [1.82, 2.24) is 10.6 Å². The van der Waals surface area contributed by atoms with Crippen LogP contribution in [-0.2, 0) is 9.59 Å². The number of benzene rings is 1. The van der Waals surface area contributed by atoms with Crippen LogP contribution in [0.15, 0.2) is 30.3 Å². The third kappa shape index (κ3) is 9.38. The van der Waals surface area contributed by atoms with Gasteiger partial charge in [0.25, 0.3) is 0 Å². The Morgan fingerprint density at radius 3 is 1.89 bits per heavy atom. The quantitative estimate of drug-likeness (QED) is 0.684. The Morgan fingerprint density at radius 2 is 1.32 bits per heavy atom. The van der Waals surface area contributed by atoms with E-state index in [4.69, 9.17) is 0 Å². The fourth-order valence-electron chi connectivity index (χ4n) is 3.97. The Balaban J connectivity index is 1.69. The molecular weight excluding hydrogens is 348 g/mol. The number of carbonyl (C=O) groups excluding carboxylic acids is 2. The molecule has 0 bridgehead atoms. The minimum Gasteiger partial charge on any atom is -0.353 e. The number of rotatable bonds is 6. The predicted molar refractivity (Wildman–Crippen MR) is 115 cm³/mol. The molecule has 4 nitrogen and oxygen atoms in total. The molecule has 1 atom stereocenters. The maximum absolute atomic E-state index is 12.4. The van der Waals surface area contributed by atoms with Crippen LogP contribution in [0.25, 0.3) is 0 Å². The number of hydrogen-bond acceptors (Lipinski definition) is 2. The first kappa shape index (κ1) is 22.4. The van der Waals surface area contributed by atoms with Crippen molar-refractivity contribution in [2.45, 2.75) is 102 Å². The molecule has 2 rings (SSSR count). The van der Waals surface area contributed by atoms with Gasteiger partial charge in [-0.3, -0.25) is 9.59 Å². The lowest BCUT2D eigenvalue weighted by Crippen LogP contribution is -2.36. The van der Waals surface area contributed by atoms with E-state index in [9.17, 15) is 9.59 Å². The molecule has 1 aromatic rings. The zero-order chi connectivity index (χ0) is 20.0. The first-order chi connectivity index (χ1) is 13.6. The third-order valence-electron chi connectivity index (χ3n) is 5.73. The zero-order valence-corrected chi connectivity index (χ0v) is 17.6. The number of hydrogen-bond donors (Lipinski definition) is 2. The first-order valence-corrected chi connectivity index (χ1v) is 11.3. The maximum atomic E-state index is 12.4. The van der Waals surface area contributed by atoms with Crippen molar-refractivity contribution in [3.05, 3.63) is 35.9 Å². The van der Waals surface area contributed by atoms with Crippen molar-refractivity contribution in [2.75, 3.05) is 0 Å². The second-order valence-corrected chi connectivity index (χ2v) is 8.22. The zero-order valence-electron chi connectivity index (χ0n) is 17.6. The van der Waals surface area contributed by atoms with Crippen molar-refractivity contribution in [2.24, 2.45) is 0 Å². The van der Waals surface area contributed by atoms with Gasteiger partial charge in [0.1, 0.15) is 0 Å². The van der Waals surface area contributed by atoms with E-state index < -0.39 is 0 Å². The topological polar surface area (TPSA) is 58.2 Å². The highest BCUT2D eigenvalue weighted by molar-refractivity contribution is 5.84. The molecule has 0 spiro atoms. The molecule has 0 heterocycles. The lowest BCUT2D eigenvalue weighted by Gasteiger charge is -2.20. The molecule has 0 aliphatic heterocycles. The monoisotopic (exact) mass is 386 g/mol. The van der Waals surface area contributed by atoms with Gasteiger partial charge >= 0.3 is 0 Å². The van der Waals surface area contributed by atoms with Gasteiger partial charge in [0.05, 0.1) is 6.04 Å². The van der Waals surface area contributed by atoms with Gasteiger partial charge in [0, 0.05) is 18.9 Å². The summed E-state index contributed by atoms with van der Waals surface area (Å²) in [5.74, 6) is -0.0511. The molecular formula is C24H38N2O2. The number of nitrogens with one attached hydrogen (secondary N) is 2. The fourth-order valence-corrected chi connectivity index (χ4v) is 3.97. The molecule has 2 N–H and O–H groups in total. The van der Waals surface area contributed by atoms with Gasteiger partial charge < -0.3 is 10.6 Å². The Labute approximate surface area is 170 Å². The lowest BCUT2D eigenvalue weighted by molar-refractivity contribution is -0.127. The van der Waals surface area contributed by atoms with Crippen LogP contribution in [-0.4, -0.2) is 17.9 Å². The Kier molecular flexibility index (Phi) is 10.7. The molecule has 1 fully saturated rings. The summed E-state index contributed by atoms with van der Waals surface area (Å²) < 4.78 is 0. The van der Waals surface area contributed by atoms with Crippen LogP contribution in [0, 0.1) is 0 Å². The van der Waals surface area contributed by atoms with E-state index in [1.54, 1.807) is 0 Å². The largest absolute Gasteiger partial charge is 0.353 e. The molecule has 4 heteroatoms. The van der Waals surface area contributed by atoms with Crippen LogP contribution < -0.4 is 10.6 Å². The lowest BCUT2D eigenvalue weighted by atomic mass is 9.98. The second kappa shape index (κ2) is 13.4. The van der Waals surface area contributed by atoms with Crippen LogP contribution in [0.5, 0.6) is 0 Å². The summed E-state index contributed by atoms with van der Waals surface area (Å²) in [5, 5.41) is 6.17. The van der Waals surface area contributed by atoms with Crippen molar-refractivity contribution in [3.8, 4) is 0 Å². The van der Waals surface area contributed by atoms with E-state index in [0.717, 1.165) is 18.4 Å². The third-order valence-corrected chi connectivity index (χ3v) is 5.73. The number of carbonyl (C=O) groups is 2. The van der Waals surface area contributed by atoms with E-state index in [1.807, 2.05) is 37.3 Å². The minimum atomic E-state index is -0.0646. The van der Waals surface area contributed by atoms with Gasteiger partial charge in [-0.2, -0.15) is 0 Å². The van der Waals surface area contributed by atoms with E-state index >= 15 is 0 Å². The highest BCUT2D eigenvalue weighted by Gasteiger charge is 2.15. The van der Waals surface area contributed by atoms with E-state index in [0.29, 0.717) is 0 Å². The average molecular weight is 387 g/mol. The standard InChI is InChI=1S/C24H38N2O2/c1-20(21-14-10-9-11-15-21)25-23(27)18-19-24(28)26-22-16-12-7-5-3-2-4-6-8-13-17-22/h9-11,14-15,20,22H,2-8,12-13,16-19H2,1H3,(H,25,27)(H,26,28). The van der Waals surface area contributed by atoms with Gasteiger partial charge in [0.15, 0.2) is 0 Å². The molecule has 1 aromatic carbocycles. The van der Waals surface area contributed by atoms with E-state index in [1.165, 1.54) is 57.8 Å². The second-order valence-electron chi connectivity index (χ2n) is 8.22. The molecule has 1 aliphatic carbocycles. The molecule has 1 aliphatic rings. The smallest absolute Gasteiger partial charge is 0.220 e. The highest BCUT2D eigenvalue weighted by atomic mass is 16.2. The van der Waals surface area contributed by atoms with Crippen molar-refractivity contribution in [3.63, 3.8) is 0 Å². The van der Waals surface area contributed by atoms with Gasteiger partial charge in [-0.1, -0.05) is 88.1 Å². The van der Waals surface area contributed by atoms with Gasteiger partial charge in [-0.15, -0.1) is 0 Å². The first-order valence-electron chi connectivity index (χ1n) is 11.3. The summed E-state index contributed by atoms with van der Waals surface area (Å²) >= 11 is 0. The highest BCUT2D eigenvalue weighted by Crippen LogP contribution is 2.17. The van der Waals surface area contributed by atoms with Crippen molar-refractivity contribution in [1.29, 1.82) is 0 Å². The Morgan fingerprint density at radius 1 is 0.821 bits per heavy atom. The Bertz CT molecular complexity index is 561. The minimum absolute atomic E-state index is 0.0135. The summed E-state index contributed by atoms with van der Waals surface area (Å²) in [7, 11) is 0. The molecule has 28 heavy (non-hydrogen) atoms. The van der Waals surface area contributed by atoms with Crippen LogP contribution in [0.2, 0.25) is 0 Å². The molecule has 1 unspecified atom stereocenters. The summed E-state index contributed by atoms with van der Waals surface area (Å²) in [6, 6.07) is 10.1. The van der Waals surface area contributed by atoms with Crippen LogP contribution in [0.4, 0.5) is 0 Å². The summed E-state index contributed by atoms with van der Waals surface area (Å²) in [5.41, 5.74) is 1.08. The summed E-state index contributed by atoms with van der Waals surface area (Å²) in [6.07, 6.45) is 14.3. The average Bonchev–Trinajstić information content (AvgIpc) is 2.69. The molecule has 0 radical (unpaired) electrons. The molecule has 2 amide bonds. The van der Waals surface area contributed by atoms with Gasteiger partial charge in [0.2, 0.25) is 11.8 Å². The van der Waals surface area contributed by atoms with Crippen LogP contribution in [0.3, 0.4) is 0 Å². The maximum Gasteiger partial charge on any atom is 0.220 e. The van der Waals surface area contributed by atoms with Crippen molar-refractivity contribution >= 4 is 11.8 Å². The molecule has 0 aromatic heterocycles. The summed E-state index contributed by atoms with van der Waals surface area (Å²) in [6.45, 7) is 1.97. The SMILES string of the molecule is CC(NC(=O)CCC(=O)NC1CCCCCCCCCCC1)c1ccccc1. The van der Waals surface area contributed by atoms with E-state index in [-0.39, 0.29) is 36.7 Å². The summed E-state index contributed by atoms with van der Waals surface area (Å²) in [4.78, 5) is 24.5. The molecule has 0 saturated heterocycles. The van der Waals surface area contributed by atoms with E-state index in [2.05, 4.69) is 10.6 Å². The van der Waals surface area contributed by atoms with Crippen LogP contribution in [0.1, 0.15) is 102 Å². The van der Waals surface area contributed by atoms with Crippen molar-refractivity contribution < 1.29 is 9.59 Å². The molecule has 156 valence electrons.